The number of hydrogen-bond acceptors (Lipinski definition) is 3. The second-order valence-electron chi connectivity index (χ2n) is 8.70. The van der Waals surface area contributed by atoms with Gasteiger partial charge in [0.15, 0.2) is 0 Å². The van der Waals surface area contributed by atoms with Crippen molar-refractivity contribution in [3.8, 4) is 11.5 Å². The maximum atomic E-state index is 9.59. The highest BCUT2D eigenvalue weighted by molar-refractivity contribution is 6.74. The third-order valence-electron chi connectivity index (χ3n) is 5.56. The average molecular weight is 337 g/mol. The summed E-state index contributed by atoms with van der Waals surface area (Å²) in [7, 11) is -1.86. The summed E-state index contributed by atoms with van der Waals surface area (Å²) in [6.07, 6.45) is 1.76. The SMILES string of the molecule is Cc1cc(O[Si](C)(C)C(C)(C)C)c(C)c2c1O[C@](C)(CO)CC2. The van der Waals surface area contributed by atoms with E-state index in [1.165, 1.54) is 11.1 Å². The number of rotatable bonds is 3. The van der Waals surface area contributed by atoms with E-state index in [0.717, 1.165) is 29.9 Å². The molecule has 0 spiro atoms. The molecule has 1 aromatic carbocycles. The Morgan fingerprint density at radius 1 is 1.30 bits per heavy atom. The van der Waals surface area contributed by atoms with Gasteiger partial charge in [-0.05, 0) is 68.9 Å². The van der Waals surface area contributed by atoms with Gasteiger partial charge in [-0.25, -0.2) is 0 Å². The Kier molecular flexibility index (Phi) is 4.64. The van der Waals surface area contributed by atoms with Crippen molar-refractivity contribution in [2.45, 2.75) is 78.1 Å². The molecule has 0 unspecified atom stereocenters. The lowest BCUT2D eigenvalue weighted by molar-refractivity contribution is 0.00729. The van der Waals surface area contributed by atoms with Crippen LogP contribution < -0.4 is 9.16 Å². The lowest BCUT2D eigenvalue weighted by Gasteiger charge is -2.39. The molecule has 1 aromatic rings. The summed E-state index contributed by atoms with van der Waals surface area (Å²) in [5.74, 6) is 1.94. The van der Waals surface area contributed by atoms with E-state index in [1.807, 2.05) is 6.92 Å². The Bertz CT molecular complexity index is 602. The van der Waals surface area contributed by atoms with Crippen LogP contribution >= 0.6 is 0 Å². The molecular formula is C19H32O3Si. The molecule has 0 aromatic heterocycles. The fraction of sp³-hybridized carbons (Fsp3) is 0.684. The molecule has 0 radical (unpaired) electrons. The average Bonchev–Trinajstić information content (AvgIpc) is 2.43. The summed E-state index contributed by atoms with van der Waals surface area (Å²) in [4.78, 5) is 0. The standard InChI is InChI=1S/C19H32O3Si/c1-13-11-16(22-23(7,8)18(3,4)5)14(2)15-9-10-19(6,12-20)21-17(13)15/h11,20H,9-10,12H2,1-8H3/t19-/m0/s1. The second kappa shape index (κ2) is 5.82. The first-order valence-corrected chi connectivity index (χ1v) is 11.4. The van der Waals surface area contributed by atoms with Crippen LogP contribution in [0.4, 0.5) is 0 Å². The minimum atomic E-state index is -1.86. The molecular weight excluding hydrogens is 304 g/mol. The van der Waals surface area contributed by atoms with E-state index in [4.69, 9.17) is 9.16 Å². The summed E-state index contributed by atoms with van der Waals surface area (Å²) in [6.45, 7) is 17.6. The van der Waals surface area contributed by atoms with Crippen LogP contribution in [0.15, 0.2) is 6.07 Å². The first-order chi connectivity index (χ1) is 10.4. The fourth-order valence-corrected chi connectivity index (χ4v) is 3.77. The van der Waals surface area contributed by atoms with E-state index in [-0.39, 0.29) is 11.6 Å². The maximum absolute atomic E-state index is 9.59. The minimum absolute atomic E-state index is 0.0488. The molecule has 0 saturated heterocycles. The Morgan fingerprint density at radius 3 is 2.43 bits per heavy atom. The lowest BCUT2D eigenvalue weighted by atomic mass is 9.89. The summed E-state index contributed by atoms with van der Waals surface area (Å²) >= 11 is 0. The molecule has 1 heterocycles. The molecule has 0 amide bonds. The summed E-state index contributed by atoms with van der Waals surface area (Å²) in [5.41, 5.74) is 3.06. The highest BCUT2D eigenvalue weighted by atomic mass is 28.4. The van der Waals surface area contributed by atoms with E-state index < -0.39 is 13.9 Å². The summed E-state index contributed by atoms with van der Waals surface area (Å²) < 4.78 is 12.7. The lowest BCUT2D eigenvalue weighted by Crippen LogP contribution is -2.44. The van der Waals surface area contributed by atoms with Gasteiger partial charge in [0.25, 0.3) is 0 Å². The van der Waals surface area contributed by atoms with Crippen LogP contribution in [0.2, 0.25) is 18.1 Å². The third-order valence-corrected chi connectivity index (χ3v) is 9.90. The quantitative estimate of drug-likeness (QED) is 0.809. The zero-order valence-electron chi connectivity index (χ0n) is 16.0. The van der Waals surface area contributed by atoms with Crippen molar-refractivity contribution < 1.29 is 14.3 Å². The Hall–Kier alpha value is -1.00. The molecule has 1 aliphatic heterocycles. The maximum Gasteiger partial charge on any atom is 0.250 e. The van der Waals surface area contributed by atoms with Gasteiger partial charge in [0.1, 0.15) is 17.1 Å². The largest absolute Gasteiger partial charge is 0.543 e. The molecule has 0 fully saturated rings. The van der Waals surface area contributed by atoms with Crippen LogP contribution in [0, 0.1) is 13.8 Å². The third kappa shape index (κ3) is 3.43. The van der Waals surface area contributed by atoms with Crippen molar-refractivity contribution >= 4 is 8.32 Å². The van der Waals surface area contributed by atoms with Crippen LogP contribution in [0.1, 0.15) is 50.8 Å². The van der Waals surface area contributed by atoms with E-state index >= 15 is 0 Å². The number of aliphatic hydroxyl groups is 1. The Labute approximate surface area is 142 Å². The number of aliphatic hydroxyl groups excluding tert-OH is 1. The predicted octanol–water partition coefficient (Wildman–Crippen LogP) is 4.76. The van der Waals surface area contributed by atoms with Gasteiger partial charge in [0.2, 0.25) is 8.32 Å². The molecule has 0 aliphatic carbocycles. The molecule has 1 atom stereocenters. The summed E-state index contributed by atoms with van der Waals surface area (Å²) in [6, 6.07) is 2.11. The molecule has 23 heavy (non-hydrogen) atoms. The topological polar surface area (TPSA) is 38.7 Å². The van der Waals surface area contributed by atoms with Crippen molar-refractivity contribution in [2.75, 3.05) is 6.61 Å². The normalized spacial score (nSPS) is 21.6. The van der Waals surface area contributed by atoms with Gasteiger partial charge < -0.3 is 14.3 Å². The summed E-state index contributed by atoms with van der Waals surface area (Å²) in [5, 5.41) is 9.76. The number of aryl methyl sites for hydroxylation is 1. The minimum Gasteiger partial charge on any atom is -0.543 e. The zero-order chi connectivity index (χ0) is 17.6. The zero-order valence-corrected chi connectivity index (χ0v) is 17.0. The number of fused-ring (bicyclic) bond motifs is 1. The van der Waals surface area contributed by atoms with Crippen LogP contribution in [0.25, 0.3) is 0 Å². The van der Waals surface area contributed by atoms with Gasteiger partial charge in [-0.3, -0.25) is 0 Å². The van der Waals surface area contributed by atoms with E-state index in [9.17, 15) is 5.11 Å². The van der Waals surface area contributed by atoms with Crippen molar-refractivity contribution in [3.63, 3.8) is 0 Å². The molecule has 2 rings (SSSR count). The molecule has 0 bridgehead atoms. The molecule has 1 aliphatic rings. The fourth-order valence-electron chi connectivity index (χ4n) is 2.70. The van der Waals surface area contributed by atoms with Crippen LogP contribution in [-0.4, -0.2) is 25.6 Å². The number of hydrogen-bond donors (Lipinski definition) is 1. The van der Waals surface area contributed by atoms with Gasteiger partial charge >= 0.3 is 0 Å². The smallest absolute Gasteiger partial charge is 0.250 e. The molecule has 1 N–H and O–H groups in total. The monoisotopic (exact) mass is 336 g/mol. The van der Waals surface area contributed by atoms with Crippen LogP contribution in [0.3, 0.4) is 0 Å². The van der Waals surface area contributed by atoms with Crippen molar-refractivity contribution in [3.05, 3.63) is 22.8 Å². The second-order valence-corrected chi connectivity index (χ2v) is 13.4. The van der Waals surface area contributed by atoms with Crippen molar-refractivity contribution in [1.82, 2.24) is 0 Å². The van der Waals surface area contributed by atoms with Crippen LogP contribution in [-0.2, 0) is 6.42 Å². The van der Waals surface area contributed by atoms with Gasteiger partial charge in [-0.1, -0.05) is 20.8 Å². The highest BCUT2D eigenvalue weighted by Gasteiger charge is 2.40. The van der Waals surface area contributed by atoms with Crippen molar-refractivity contribution in [1.29, 1.82) is 0 Å². The molecule has 0 saturated carbocycles. The Morgan fingerprint density at radius 2 is 1.91 bits per heavy atom. The predicted molar refractivity (Wildman–Crippen MR) is 98.2 cm³/mol. The van der Waals surface area contributed by atoms with Gasteiger partial charge in [-0.15, -0.1) is 0 Å². The molecule has 4 heteroatoms. The van der Waals surface area contributed by atoms with E-state index in [2.05, 4.69) is 53.8 Å². The first-order valence-electron chi connectivity index (χ1n) is 8.52. The van der Waals surface area contributed by atoms with Gasteiger partial charge in [0.05, 0.1) is 6.61 Å². The Balaban J connectivity index is 2.42. The van der Waals surface area contributed by atoms with E-state index in [1.54, 1.807) is 0 Å². The number of ether oxygens (including phenoxy) is 1. The highest BCUT2D eigenvalue weighted by Crippen LogP contribution is 2.44. The van der Waals surface area contributed by atoms with Gasteiger partial charge in [-0.2, -0.15) is 0 Å². The molecule has 130 valence electrons. The molecule has 3 nitrogen and oxygen atoms in total. The van der Waals surface area contributed by atoms with Crippen molar-refractivity contribution in [2.24, 2.45) is 0 Å². The van der Waals surface area contributed by atoms with E-state index in [0.29, 0.717) is 0 Å². The number of benzene rings is 1. The first kappa shape index (κ1) is 18.3. The van der Waals surface area contributed by atoms with Crippen LogP contribution in [0.5, 0.6) is 11.5 Å². The van der Waals surface area contributed by atoms with Gasteiger partial charge in [0, 0.05) is 5.56 Å².